The molecule has 3 heterocycles. The molecule has 5 rings (SSSR count). The van der Waals surface area contributed by atoms with E-state index in [2.05, 4.69) is 10.6 Å². The summed E-state index contributed by atoms with van der Waals surface area (Å²) in [4.78, 5) is 41.1. The Bertz CT molecular complexity index is 1260. The number of fused-ring (bicyclic) bond motifs is 1. The van der Waals surface area contributed by atoms with Gasteiger partial charge in [0, 0.05) is 24.2 Å². The van der Waals surface area contributed by atoms with Gasteiger partial charge in [-0.05, 0) is 68.1 Å². The molecule has 1 fully saturated rings. The molecule has 0 radical (unpaired) electrons. The number of nitrogens with zero attached hydrogens (tertiary/aromatic N) is 1. The first-order valence-electron chi connectivity index (χ1n) is 12.3. The zero-order valence-corrected chi connectivity index (χ0v) is 20.6. The summed E-state index contributed by atoms with van der Waals surface area (Å²) in [5.74, 6) is 0.998. The Morgan fingerprint density at radius 3 is 2.43 bits per heavy atom. The van der Waals surface area contributed by atoms with E-state index in [1.165, 1.54) is 0 Å². The smallest absolute Gasteiger partial charge is 0.253 e. The third kappa shape index (κ3) is 5.61. The van der Waals surface area contributed by atoms with Crippen LogP contribution in [0.4, 0.5) is 0 Å². The lowest BCUT2D eigenvalue weighted by molar-refractivity contribution is -0.124. The van der Waals surface area contributed by atoms with E-state index in [1.807, 2.05) is 19.1 Å². The van der Waals surface area contributed by atoms with E-state index in [0.29, 0.717) is 54.3 Å². The van der Waals surface area contributed by atoms with Crippen LogP contribution in [-0.2, 0) is 11.3 Å². The van der Waals surface area contributed by atoms with Gasteiger partial charge < -0.3 is 29.4 Å². The number of hydrogen-bond acceptors (Lipinski definition) is 6. The minimum absolute atomic E-state index is 0.0979. The van der Waals surface area contributed by atoms with E-state index in [4.69, 9.17) is 13.9 Å². The maximum absolute atomic E-state index is 13.2. The number of piperidine rings is 1. The van der Waals surface area contributed by atoms with Crippen LogP contribution in [-0.4, -0.2) is 48.5 Å². The van der Waals surface area contributed by atoms with Gasteiger partial charge in [0.15, 0.2) is 11.5 Å². The fourth-order valence-electron chi connectivity index (χ4n) is 4.67. The molecule has 3 amide bonds. The highest BCUT2D eigenvalue weighted by Crippen LogP contribution is 2.33. The molecule has 192 valence electrons. The first-order valence-corrected chi connectivity index (χ1v) is 12.3. The van der Waals surface area contributed by atoms with E-state index >= 15 is 0 Å². The Kier molecular flexibility index (Phi) is 7.11. The normalized spacial score (nSPS) is 15.8. The molecule has 9 heteroatoms. The van der Waals surface area contributed by atoms with Gasteiger partial charge in [0.1, 0.15) is 11.8 Å². The van der Waals surface area contributed by atoms with Crippen LogP contribution in [0.3, 0.4) is 0 Å². The molecule has 1 saturated heterocycles. The molecule has 1 atom stereocenters. The van der Waals surface area contributed by atoms with Crippen LogP contribution in [0.2, 0.25) is 0 Å². The van der Waals surface area contributed by atoms with E-state index in [1.54, 1.807) is 53.6 Å². The lowest BCUT2D eigenvalue weighted by Gasteiger charge is -2.36. The number of rotatable bonds is 7. The zero-order valence-electron chi connectivity index (χ0n) is 20.6. The summed E-state index contributed by atoms with van der Waals surface area (Å²) in [6, 6.07) is 15.2. The summed E-state index contributed by atoms with van der Waals surface area (Å²) < 4.78 is 16.0. The van der Waals surface area contributed by atoms with Gasteiger partial charge in [-0.3, -0.25) is 14.4 Å². The van der Waals surface area contributed by atoms with Crippen LogP contribution in [0.25, 0.3) is 0 Å². The number of aryl methyl sites for hydroxylation is 1. The standard InChI is InChI=1S/C28H29N3O6/c1-18-4-6-20(7-5-18)26(32)30-25(27(33)29-16-22-3-2-14-35-22)19-10-12-31(13-11-19)28(34)21-8-9-23-24(15-21)37-17-36-23/h2-9,14-15,19,25H,10-13,16-17H2,1H3,(H,29,33)(H,30,32). The average molecular weight is 504 g/mol. The molecule has 1 aromatic heterocycles. The highest BCUT2D eigenvalue weighted by molar-refractivity contribution is 5.98. The molecule has 2 aliphatic heterocycles. The SMILES string of the molecule is Cc1ccc(C(=O)NC(C(=O)NCc2ccco2)C2CCN(C(=O)c3ccc4c(c3)OCO4)CC2)cc1. The largest absolute Gasteiger partial charge is 0.467 e. The number of benzene rings is 2. The van der Waals surface area contributed by atoms with Crippen LogP contribution >= 0.6 is 0 Å². The fraction of sp³-hybridized carbons (Fsp3) is 0.321. The molecular formula is C28H29N3O6. The lowest BCUT2D eigenvalue weighted by atomic mass is 9.88. The Labute approximate surface area is 214 Å². The van der Waals surface area contributed by atoms with Crippen molar-refractivity contribution in [3.63, 3.8) is 0 Å². The van der Waals surface area contributed by atoms with E-state index in [0.717, 1.165) is 5.56 Å². The Morgan fingerprint density at radius 1 is 0.973 bits per heavy atom. The van der Waals surface area contributed by atoms with E-state index < -0.39 is 6.04 Å². The molecular weight excluding hydrogens is 474 g/mol. The molecule has 2 N–H and O–H groups in total. The molecule has 1 unspecified atom stereocenters. The number of ether oxygens (including phenoxy) is 2. The average Bonchev–Trinajstić information content (AvgIpc) is 3.62. The number of carbonyl (C=O) groups excluding carboxylic acids is 3. The van der Waals surface area contributed by atoms with Crippen molar-refractivity contribution in [2.24, 2.45) is 5.92 Å². The number of amides is 3. The Hall–Kier alpha value is -4.27. The summed E-state index contributed by atoms with van der Waals surface area (Å²) in [5, 5.41) is 5.82. The van der Waals surface area contributed by atoms with Gasteiger partial charge in [0.05, 0.1) is 12.8 Å². The van der Waals surface area contributed by atoms with Crippen LogP contribution in [0.15, 0.2) is 65.3 Å². The molecule has 0 bridgehead atoms. The summed E-state index contributed by atoms with van der Waals surface area (Å²) in [7, 11) is 0. The number of nitrogens with one attached hydrogen (secondary N) is 2. The first kappa shape index (κ1) is 24.4. The topological polar surface area (TPSA) is 110 Å². The third-order valence-corrected chi connectivity index (χ3v) is 6.82. The quantitative estimate of drug-likeness (QED) is 0.512. The molecule has 2 aromatic carbocycles. The number of hydrogen-bond donors (Lipinski definition) is 2. The van der Waals surface area contributed by atoms with Crippen LogP contribution in [0, 0.1) is 12.8 Å². The van der Waals surface area contributed by atoms with E-state index in [-0.39, 0.29) is 37.0 Å². The molecule has 3 aromatic rings. The monoisotopic (exact) mass is 503 g/mol. The van der Waals surface area contributed by atoms with Crippen molar-refractivity contribution in [3.8, 4) is 11.5 Å². The number of furan rings is 1. The highest BCUT2D eigenvalue weighted by Gasteiger charge is 2.34. The van der Waals surface area contributed by atoms with Crippen molar-refractivity contribution in [1.82, 2.24) is 15.5 Å². The summed E-state index contributed by atoms with van der Waals surface area (Å²) in [6.45, 7) is 3.27. The second-order valence-electron chi connectivity index (χ2n) is 9.31. The van der Waals surface area contributed by atoms with Crippen LogP contribution < -0.4 is 20.1 Å². The second kappa shape index (κ2) is 10.8. The molecule has 0 aliphatic carbocycles. The van der Waals surface area contributed by atoms with Gasteiger partial charge in [-0.25, -0.2) is 0 Å². The third-order valence-electron chi connectivity index (χ3n) is 6.82. The minimum Gasteiger partial charge on any atom is -0.467 e. The van der Waals surface area contributed by atoms with Gasteiger partial charge >= 0.3 is 0 Å². The van der Waals surface area contributed by atoms with Crippen molar-refractivity contribution < 1.29 is 28.3 Å². The first-order chi connectivity index (χ1) is 18.0. The van der Waals surface area contributed by atoms with Gasteiger partial charge in [-0.1, -0.05) is 17.7 Å². The predicted octanol–water partition coefficient (Wildman–Crippen LogP) is 3.28. The maximum Gasteiger partial charge on any atom is 0.253 e. The number of likely N-dealkylation sites (tertiary alicyclic amines) is 1. The maximum atomic E-state index is 13.2. The van der Waals surface area contributed by atoms with Gasteiger partial charge in [0.25, 0.3) is 11.8 Å². The minimum atomic E-state index is -0.744. The molecule has 0 saturated carbocycles. The van der Waals surface area contributed by atoms with Crippen molar-refractivity contribution in [2.75, 3.05) is 19.9 Å². The van der Waals surface area contributed by atoms with Gasteiger partial charge in [-0.15, -0.1) is 0 Å². The Balaban J connectivity index is 1.25. The van der Waals surface area contributed by atoms with Crippen LogP contribution in [0.5, 0.6) is 11.5 Å². The number of carbonyl (C=O) groups is 3. The van der Waals surface area contributed by atoms with Crippen molar-refractivity contribution in [1.29, 1.82) is 0 Å². The molecule has 2 aliphatic rings. The van der Waals surface area contributed by atoms with Crippen molar-refractivity contribution in [2.45, 2.75) is 32.4 Å². The summed E-state index contributed by atoms with van der Waals surface area (Å²) in [5.41, 5.74) is 2.07. The van der Waals surface area contributed by atoms with E-state index in [9.17, 15) is 14.4 Å². The molecule has 0 spiro atoms. The van der Waals surface area contributed by atoms with Crippen molar-refractivity contribution >= 4 is 17.7 Å². The zero-order chi connectivity index (χ0) is 25.8. The van der Waals surface area contributed by atoms with Crippen LogP contribution in [0.1, 0.15) is 44.9 Å². The molecule has 37 heavy (non-hydrogen) atoms. The predicted molar refractivity (Wildman–Crippen MR) is 134 cm³/mol. The highest BCUT2D eigenvalue weighted by atomic mass is 16.7. The summed E-state index contributed by atoms with van der Waals surface area (Å²) >= 11 is 0. The summed E-state index contributed by atoms with van der Waals surface area (Å²) in [6.07, 6.45) is 2.69. The lowest BCUT2D eigenvalue weighted by Crippen LogP contribution is -2.53. The van der Waals surface area contributed by atoms with Gasteiger partial charge in [-0.2, -0.15) is 0 Å². The van der Waals surface area contributed by atoms with Crippen molar-refractivity contribution in [3.05, 3.63) is 83.3 Å². The Morgan fingerprint density at radius 2 is 1.70 bits per heavy atom. The second-order valence-corrected chi connectivity index (χ2v) is 9.31. The molecule has 9 nitrogen and oxygen atoms in total. The van der Waals surface area contributed by atoms with Gasteiger partial charge in [0.2, 0.25) is 12.7 Å². The fourth-order valence-corrected chi connectivity index (χ4v) is 4.67.